The molecule has 116 valence electrons. The van der Waals surface area contributed by atoms with Gasteiger partial charge in [0.1, 0.15) is 0 Å². The molecular formula is C18H22N2O2. The third-order valence-corrected chi connectivity index (χ3v) is 4.59. The highest BCUT2D eigenvalue weighted by Gasteiger charge is 2.16. The van der Waals surface area contributed by atoms with Crippen LogP contribution in [-0.4, -0.2) is 10.9 Å². The Morgan fingerprint density at radius 2 is 2.05 bits per heavy atom. The van der Waals surface area contributed by atoms with Crippen LogP contribution in [-0.2, 0) is 4.79 Å². The first kappa shape index (κ1) is 14.8. The molecule has 1 fully saturated rings. The summed E-state index contributed by atoms with van der Waals surface area (Å²) in [7, 11) is 0. The topological polar surface area (TPSA) is 62.0 Å². The first-order chi connectivity index (χ1) is 10.6. The number of pyridine rings is 1. The Hall–Kier alpha value is -2.10. The Balaban J connectivity index is 1.68. The molecule has 0 atom stereocenters. The molecule has 1 aliphatic rings. The van der Waals surface area contributed by atoms with E-state index in [1.54, 1.807) is 6.07 Å². The van der Waals surface area contributed by atoms with Crippen molar-refractivity contribution in [1.82, 2.24) is 4.98 Å². The number of amides is 1. The number of hydrogen-bond acceptors (Lipinski definition) is 2. The average molecular weight is 298 g/mol. The molecule has 1 aliphatic carbocycles. The van der Waals surface area contributed by atoms with Crippen LogP contribution in [0.4, 0.5) is 5.69 Å². The predicted molar refractivity (Wildman–Crippen MR) is 89.1 cm³/mol. The highest BCUT2D eigenvalue weighted by Crippen LogP contribution is 2.28. The van der Waals surface area contributed by atoms with Gasteiger partial charge >= 0.3 is 0 Å². The lowest BCUT2D eigenvalue weighted by Gasteiger charge is -2.10. The van der Waals surface area contributed by atoms with Crippen molar-refractivity contribution in [2.75, 3.05) is 5.32 Å². The quantitative estimate of drug-likeness (QED) is 0.903. The molecule has 1 saturated carbocycles. The van der Waals surface area contributed by atoms with E-state index in [2.05, 4.69) is 10.3 Å². The summed E-state index contributed by atoms with van der Waals surface area (Å²) in [6.07, 6.45) is 6.71. The molecule has 0 spiro atoms. The van der Waals surface area contributed by atoms with Crippen LogP contribution in [0.5, 0.6) is 0 Å². The summed E-state index contributed by atoms with van der Waals surface area (Å²) in [5, 5.41) is 3.94. The minimum Gasteiger partial charge on any atom is -0.326 e. The lowest BCUT2D eigenvalue weighted by atomic mass is 10.0. The second-order valence-corrected chi connectivity index (χ2v) is 6.31. The molecule has 2 aromatic rings. The molecule has 2 N–H and O–H groups in total. The Morgan fingerprint density at radius 1 is 1.27 bits per heavy atom. The van der Waals surface area contributed by atoms with Gasteiger partial charge in [-0.05, 0) is 37.0 Å². The number of carbonyl (C=O) groups excluding carboxylic acids is 1. The molecule has 0 unspecified atom stereocenters. The second kappa shape index (κ2) is 6.34. The van der Waals surface area contributed by atoms with Crippen molar-refractivity contribution in [2.24, 2.45) is 5.92 Å². The maximum atomic E-state index is 12.1. The Bertz CT molecular complexity index is 742. The van der Waals surface area contributed by atoms with Gasteiger partial charge in [-0.15, -0.1) is 0 Å². The van der Waals surface area contributed by atoms with Crippen LogP contribution in [0.2, 0.25) is 0 Å². The Morgan fingerprint density at radius 3 is 2.82 bits per heavy atom. The number of fused-ring (bicyclic) bond motifs is 1. The summed E-state index contributed by atoms with van der Waals surface area (Å²) in [5.41, 5.74) is 2.33. The number of aromatic nitrogens is 1. The number of H-pyrrole nitrogens is 1. The summed E-state index contributed by atoms with van der Waals surface area (Å²) >= 11 is 0. The molecule has 0 saturated heterocycles. The molecule has 0 aliphatic heterocycles. The van der Waals surface area contributed by atoms with Crippen LogP contribution < -0.4 is 10.9 Å². The number of benzene rings is 1. The van der Waals surface area contributed by atoms with Crippen LogP contribution in [0.15, 0.2) is 29.1 Å². The van der Waals surface area contributed by atoms with Crippen molar-refractivity contribution in [3.05, 3.63) is 40.2 Å². The maximum absolute atomic E-state index is 12.1. The smallest absolute Gasteiger partial charge is 0.248 e. The fourth-order valence-electron chi connectivity index (χ4n) is 3.37. The summed E-state index contributed by atoms with van der Waals surface area (Å²) < 4.78 is 0. The summed E-state index contributed by atoms with van der Waals surface area (Å²) in [6, 6.07) is 7.24. The number of nitrogens with one attached hydrogen (secondary N) is 2. The normalized spacial score (nSPS) is 15.3. The molecule has 0 bridgehead atoms. The molecule has 1 heterocycles. The fraction of sp³-hybridized carbons (Fsp3) is 0.444. The van der Waals surface area contributed by atoms with E-state index in [4.69, 9.17) is 0 Å². The predicted octanol–water partition coefficient (Wildman–Crippen LogP) is 3.75. The first-order valence-electron chi connectivity index (χ1n) is 8.05. The minimum absolute atomic E-state index is 0.0567. The van der Waals surface area contributed by atoms with Crippen molar-refractivity contribution in [3.63, 3.8) is 0 Å². The van der Waals surface area contributed by atoms with E-state index in [1.807, 2.05) is 25.1 Å². The second-order valence-electron chi connectivity index (χ2n) is 6.31. The SMILES string of the molecule is Cc1cc(=O)[nH]c2cc(NC(=O)CCC3CCCC3)ccc12. The van der Waals surface area contributed by atoms with E-state index in [1.165, 1.54) is 25.7 Å². The Labute approximate surface area is 129 Å². The van der Waals surface area contributed by atoms with Crippen LogP contribution in [0, 0.1) is 12.8 Å². The van der Waals surface area contributed by atoms with E-state index >= 15 is 0 Å². The van der Waals surface area contributed by atoms with Gasteiger partial charge in [0.15, 0.2) is 0 Å². The van der Waals surface area contributed by atoms with Crippen LogP contribution in [0.3, 0.4) is 0 Å². The maximum Gasteiger partial charge on any atom is 0.248 e. The lowest BCUT2D eigenvalue weighted by Crippen LogP contribution is -2.13. The number of rotatable bonds is 4. The zero-order valence-electron chi connectivity index (χ0n) is 12.9. The van der Waals surface area contributed by atoms with Gasteiger partial charge in [0.25, 0.3) is 0 Å². The van der Waals surface area contributed by atoms with Gasteiger partial charge in [0.05, 0.1) is 5.52 Å². The van der Waals surface area contributed by atoms with Crippen LogP contribution in [0.25, 0.3) is 10.9 Å². The molecule has 3 rings (SSSR count). The van der Waals surface area contributed by atoms with E-state index in [0.717, 1.165) is 34.5 Å². The van der Waals surface area contributed by atoms with Crippen molar-refractivity contribution in [1.29, 1.82) is 0 Å². The Kier molecular flexibility index (Phi) is 4.27. The third-order valence-electron chi connectivity index (χ3n) is 4.59. The first-order valence-corrected chi connectivity index (χ1v) is 8.05. The van der Waals surface area contributed by atoms with E-state index in [9.17, 15) is 9.59 Å². The van der Waals surface area contributed by atoms with Gasteiger partial charge in [0, 0.05) is 23.6 Å². The zero-order chi connectivity index (χ0) is 15.5. The standard InChI is InChI=1S/C18H22N2O2/c1-12-10-18(22)20-16-11-14(7-8-15(12)16)19-17(21)9-6-13-4-2-3-5-13/h7-8,10-11,13H,2-6,9H2,1H3,(H,19,21)(H,20,22). The van der Waals surface area contributed by atoms with Crippen molar-refractivity contribution < 1.29 is 4.79 Å². The number of aryl methyl sites for hydroxylation is 1. The molecular weight excluding hydrogens is 276 g/mol. The van der Waals surface area contributed by atoms with Crippen LogP contribution >= 0.6 is 0 Å². The van der Waals surface area contributed by atoms with Gasteiger partial charge < -0.3 is 10.3 Å². The minimum atomic E-state index is -0.116. The average Bonchev–Trinajstić information content (AvgIpc) is 2.98. The lowest BCUT2D eigenvalue weighted by molar-refractivity contribution is -0.116. The summed E-state index contributed by atoms with van der Waals surface area (Å²) in [6.45, 7) is 1.91. The van der Waals surface area contributed by atoms with E-state index in [-0.39, 0.29) is 11.5 Å². The number of aromatic amines is 1. The molecule has 1 amide bonds. The molecule has 22 heavy (non-hydrogen) atoms. The zero-order valence-corrected chi connectivity index (χ0v) is 12.9. The molecule has 4 heteroatoms. The number of hydrogen-bond donors (Lipinski definition) is 2. The summed E-state index contributed by atoms with van der Waals surface area (Å²) in [4.78, 5) is 26.4. The van der Waals surface area contributed by atoms with Gasteiger partial charge in [-0.25, -0.2) is 0 Å². The fourth-order valence-corrected chi connectivity index (χ4v) is 3.37. The molecule has 1 aromatic carbocycles. The van der Waals surface area contributed by atoms with Crippen molar-refractivity contribution in [3.8, 4) is 0 Å². The van der Waals surface area contributed by atoms with Gasteiger partial charge in [-0.3, -0.25) is 9.59 Å². The van der Waals surface area contributed by atoms with Crippen molar-refractivity contribution >= 4 is 22.5 Å². The molecule has 0 radical (unpaired) electrons. The van der Waals surface area contributed by atoms with Gasteiger partial charge in [0.2, 0.25) is 11.5 Å². The van der Waals surface area contributed by atoms with Gasteiger partial charge in [-0.2, -0.15) is 0 Å². The molecule has 1 aromatic heterocycles. The van der Waals surface area contributed by atoms with Crippen molar-refractivity contribution in [2.45, 2.75) is 45.4 Å². The highest BCUT2D eigenvalue weighted by atomic mass is 16.1. The number of anilines is 1. The van der Waals surface area contributed by atoms with Gasteiger partial charge in [-0.1, -0.05) is 31.7 Å². The van der Waals surface area contributed by atoms with Crippen LogP contribution in [0.1, 0.15) is 44.1 Å². The number of carbonyl (C=O) groups is 1. The van der Waals surface area contributed by atoms with E-state index < -0.39 is 0 Å². The largest absolute Gasteiger partial charge is 0.326 e. The monoisotopic (exact) mass is 298 g/mol. The van der Waals surface area contributed by atoms with E-state index in [0.29, 0.717) is 6.42 Å². The molecule has 4 nitrogen and oxygen atoms in total. The third kappa shape index (κ3) is 3.38. The highest BCUT2D eigenvalue weighted by molar-refractivity contribution is 5.94. The summed E-state index contributed by atoms with van der Waals surface area (Å²) in [5.74, 6) is 0.780.